The van der Waals surface area contributed by atoms with Gasteiger partial charge in [-0.1, -0.05) is 17.7 Å². The average molecular weight is 200 g/mol. The summed E-state index contributed by atoms with van der Waals surface area (Å²) in [6, 6.07) is 5.48. The van der Waals surface area contributed by atoms with Crippen LogP contribution in [-0.4, -0.2) is 11.7 Å². The highest BCUT2D eigenvalue weighted by atomic mass is 35.5. The van der Waals surface area contributed by atoms with Crippen LogP contribution in [0.4, 0.5) is 0 Å². The van der Waals surface area contributed by atoms with Crippen LogP contribution in [0.1, 0.15) is 18.1 Å². The molecule has 0 heterocycles. The first-order valence-electron chi connectivity index (χ1n) is 4.14. The first kappa shape index (κ1) is 10.5. The molecule has 3 heteroatoms. The molecule has 3 N–H and O–H groups in total. The molecule has 0 spiro atoms. The van der Waals surface area contributed by atoms with Gasteiger partial charge >= 0.3 is 0 Å². The van der Waals surface area contributed by atoms with Crippen molar-refractivity contribution in [2.24, 2.45) is 5.73 Å². The van der Waals surface area contributed by atoms with E-state index in [1.807, 2.05) is 19.1 Å². The van der Waals surface area contributed by atoms with Crippen LogP contribution >= 0.6 is 11.6 Å². The predicted octanol–water partition coefficient (Wildman–Crippen LogP) is 1.81. The molecule has 0 radical (unpaired) electrons. The fourth-order valence-electron chi connectivity index (χ4n) is 1.35. The summed E-state index contributed by atoms with van der Waals surface area (Å²) in [5.41, 5.74) is 7.15. The molecule has 0 bridgehead atoms. The Bertz CT molecular complexity index is 310. The van der Waals surface area contributed by atoms with Gasteiger partial charge in [0.25, 0.3) is 0 Å². The minimum atomic E-state index is -0.686. The molecule has 0 amide bonds. The summed E-state index contributed by atoms with van der Waals surface area (Å²) < 4.78 is 0. The second-order valence-corrected chi connectivity index (χ2v) is 3.97. The highest BCUT2D eigenvalue weighted by Gasteiger charge is 2.21. The number of aliphatic hydroxyl groups excluding tert-OH is 1. The van der Waals surface area contributed by atoms with Gasteiger partial charge in [0, 0.05) is 5.02 Å². The van der Waals surface area contributed by atoms with Crippen molar-refractivity contribution in [3.05, 3.63) is 34.3 Å². The zero-order chi connectivity index (χ0) is 10.1. The van der Waals surface area contributed by atoms with Crippen LogP contribution in [0.3, 0.4) is 0 Å². The smallest absolute Gasteiger partial charge is 0.0650 e. The van der Waals surface area contributed by atoms with Gasteiger partial charge < -0.3 is 10.8 Å². The van der Waals surface area contributed by atoms with Gasteiger partial charge in [0.2, 0.25) is 0 Å². The van der Waals surface area contributed by atoms with E-state index in [0.29, 0.717) is 5.02 Å². The molecule has 1 aromatic rings. The molecule has 2 nitrogen and oxygen atoms in total. The Hall–Kier alpha value is -0.570. The molecule has 0 unspecified atom stereocenters. The van der Waals surface area contributed by atoms with Crippen molar-refractivity contribution in [3.8, 4) is 0 Å². The molecule has 1 atom stereocenters. The SMILES string of the molecule is Cc1cc(Cl)ccc1[C@@](C)(N)CO. The number of hydrogen-bond donors (Lipinski definition) is 2. The van der Waals surface area contributed by atoms with Crippen molar-refractivity contribution < 1.29 is 5.11 Å². The largest absolute Gasteiger partial charge is 0.394 e. The third kappa shape index (κ3) is 2.21. The fraction of sp³-hybridized carbons (Fsp3) is 0.400. The highest BCUT2D eigenvalue weighted by molar-refractivity contribution is 6.30. The number of aliphatic hydroxyl groups is 1. The minimum absolute atomic E-state index is 0.0739. The van der Waals surface area contributed by atoms with Crippen molar-refractivity contribution in [1.82, 2.24) is 0 Å². The van der Waals surface area contributed by atoms with E-state index in [-0.39, 0.29) is 6.61 Å². The van der Waals surface area contributed by atoms with Crippen LogP contribution in [0.15, 0.2) is 18.2 Å². The molecule has 1 rings (SSSR count). The Balaban J connectivity index is 3.16. The number of rotatable bonds is 2. The maximum absolute atomic E-state index is 9.08. The Labute approximate surface area is 83.3 Å². The molecular weight excluding hydrogens is 186 g/mol. The van der Waals surface area contributed by atoms with Gasteiger partial charge in [-0.2, -0.15) is 0 Å². The third-order valence-corrected chi connectivity index (χ3v) is 2.37. The summed E-state index contributed by atoms with van der Waals surface area (Å²) in [5.74, 6) is 0. The molecule has 0 aliphatic rings. The van der Waals surface area contributed by atoms with E-state index >= 15 is 0 Å². The van der Waals surface area contributed by atoms with Crippen molar-refractivity contribution in [2.75, 3.05) is 6.61 Å². The summed E-state index contributed by atoms with van der Waals surface area (Å²) in [6.07, 6.45) is 0. The minimum Gasteiger partial charge on any atom is -0.394 e. The van der Waals surface area contributed by atoms with Gasteiger partial charge in [0.05, 0.1) is 12.1 Å². The van der Waals surface area contributed by atoms with Crippen LogP contribution in [0.2, 0.25) is 5.02 Å². The molecule has 0 aromatic heterocycles. The summed E-state index contributed by atoms with van der Waals surface area (Å²) in [5, 5.41) is 9.77. The zero-order valence-corrected chi connectivity index (χ0v) is 8.60. The second-order valence-electron chi connectivity index (χ2n) is 3.53. The normalized spacial score (nSPS) is 15.5. The first-order valence-corrected chi connectivity index (χ1v) is 4.51. The van der Waals surface area contributed by atoms with E-state index < -0.39 is 5.54 Å². The average Bonchev–Trinajstić information content (AvgIpc) is 2.03. The molecule has 0 aliphatic carbocycles. The lowest BCUT2D eigenvalue weighted by Crippen LogP contribution is -2.37. The lowest BCUT2D eigenvalue weighted by atomic mass is 9.90. The van der Waals surface area contributed by atoms with Crippen LogP contribution in [-0.2, 0) is 5.54 Å². The van der Waals surface area contributed by atoms with Gasteiger partial charge in [0.1, 0.15) is 0 Å². The maximum atomic E-state index is 9.08. The predicted molar refractivity (Wildman–Crippen MR) is 54.8 cm³/mol. The van der Waals surface area contributed by atoms with E-state index in [9.17, 15) is 0 Å². The van der Waals surface area contributed by atoms with Gasteiger partial charge in [-0.25, -0.2) is 0 Å². The van der Waals surface area contributed by atoms with Crippen molar-refractivity contribution >= 4 is 11.6 Å². The molecule has 0 fully saturated rings. The molecule has 13 heavy (non-hydrogen) atoms. The summed E-state index contributed by atoms with van der Waals surface area (Å²) in [4.78, 5) is 0. The topological polar surface area (TPSA) is 46.2 Å². The molecule has 1 aromatic carbocycles. The molecular formula is C10H14ClNO. The Morgan fingerprint density at radius 3 is 2.62 bits per heavy atom. The van der Waals surface area contributed by atoms with Crippen molar-refractivity contribution in [1.29, 1.82) is 0 Å². The van der Waals surface area contributed by atoms with E-state index in [4.69, 9.17) is 22.4 Å². The number of benzene rings is 1. The number of aryl methyl sites for hydroxylation is 1. The van der Waals surface area contributed by atoms with Gasteiger partial charge in [-0.15, -0.1) is 0 Å². The van der Waals surface area contributed by atoms with Crippen LogP contribution in [0.5, 0.6) is 0 Å². The molecule has 0 saturated heterocycles. The van der Waals surface area contributed by atoms with E-state index in [2.05, 4.69) is 0 Å². The van der Waals surface area contributed by atoms with E-state index in [0.717, 1.165) is 11.1 Å². The Kier molecular flexibility index (Phi) is 2.96. The molecule has 72 valence electrons. The van der Waals surface area contributed by atoms with Crippen LogP contribution < -0.4 is 5.73 Å². The van der Waals surface area contributed by atoms with Gasteiger partial charge in [0.15, 0.2) is 0 Å². The highest BCUT2D eigenvalue weighted by Crippen LogP contribution is 2.23. The number of hydrogen-bond acceptors (Lipinski definition) is 2. The van der Waals surface area contributed by atoms with Crippen molar-refractivity contribution in [2.45, 2.75) is 19.4 Å². The fourth-order valence-corrected chi connectivity index (χ4v) is 1.58. The Morgan fingerprint density at radius 2 is 2.15 bits per heavy atom. The summed E-state index contributed by atoms with van der Waals surface area (Å²) >= 11 is 5.81. The lowest BCUT2D eigenvalue weighted by Gasteiger charge is -2.24. The second kappa shape index (κ2) is 3.66. The standard InChI is InChI=1S/C10H14ClNO/c1-7-5-8(11)3-4-9(7)10(2,12)6-13/h3-5,13H,6,12H2,1-2H3/t10-/m0/s1. The van der Waals surface area contributed by atoms with Crippen molar-refractivity contribution in [3.63, 3.8) is 0 Å². The summed E-state index contributed by atoms with van der Waals surface area (Å²) in [7, 11) is 0. The van der Waals surface area contributed by atoms with Crippen LogP contribution in [0.25, 0.3) is 0 Å². The number of nitrogens with two attached hydrogens (primary N) is 1. The van der Waals surface area contributed by atoms with E-state index in [1.165, 1.54) is 0 Å². The Morgan fingerprint density at radius 1 is 1.54 bits per heavy atom. The number of halogens is 1. The maximum Gasteiger partial charge on any atom is 0.0650 e. The lowest BCUT2D eigenvalue weighted by molar-refractivity contribution is 0.209. The molecule has 0 aliphatic heterocycles. The van der Waals surface area contributed by atoms with E-state index in [1.54, 1.807) is 13.0 Å². The van der Waals surface area contributed by atoms with Gasteiger partial charge in [-0.3, -0.25) is 0 Å². The first-order chi connectivity index (χ1) is 5.97. The zero-order valence-electron chi connectivity index (χ0n) is 7.84. The summed E-state index contributed by atoms with van der Waals surface area (Å²) in [6.45, 7) is 3.65. The molecule has 0 saturated carbocycles. The quantitative estimate of drug-likeness (QED) is 0.763. The third-order valence-electron chi connectivity index (χ3n) is 2.13. The van der Waals surface area contributed by atoms with Crippen LogP contribution in [0, 0.1) is 6.92 Å². The monoisotopic (exact) mass is 199 g/mol. The van der Waals surface area contributed by atoms with Gasteiger partial charge in [-0.05, 0) is 37.1 Å².